The maximum absolute atomic E-state index is 8.67. The number of rotatable bonds is 8. The van der Waals surface area contributed by atoms with Crippen LogP contribution in [0.5, 0.6) is 0 Å². The summed E-state index contributed by atoms with van der Waals surface area (Å²) in [6.07, 6.45) is 6.01. The van der Waals surface area contributed by atoms with Crippen molar-refractivity contribution in [3.05, 3.63) is 129 Å². The molecule has 0 saturated heterocycles. The number of hydrogen-bond donors (Lipinski definition) is 0. The molecule has 0 amide bonds. The molecule has 0 aromatic heterocycles. The van der Waals surface area contributed by atoms with Gasteiger partial charge in [0.2, 0.25) is 0 Å². The molecule has 0 saturated carbocycles. The molecule has 6 rings (SSSR count). The summed E-state index contributed by atoms with van der Waals surface area (Å²) in [5, 5.41) is 0. The van der Waals surface area contributed by atoms with Gasteiger partial charge in [0.1, 0.15) is 0 Å². The van der Waals surface area contributed by atoms with E-state index in [0.717, 1.165) is 6.42 Å². The van der Waals surface area contributed by atoms with E-state index in [0.29, 0.717) is 11.8 Å². The summed E-state index contributed by atoms with van der Waals surface area (Å²) in [5.74, 6) is -0.727. The van der Waals surface area contributed by atoms with E-state index >= 15 is 0 Å². The molecule has 0 spiro atoms. The standard InChI is InChI=1S/C23H27.C19H19.C2H7Si.2ClH.Zr/c1-6-16(2)19-14-18-8-7-9-21(22(18)15-19)17-10-12-20(13-11-17)23(3,4)5;1-13(2)15-7-9-16(10-8-15)18-6-4-5-17-11-14(3)12-19(17)18;1-3-2;;;/h7-16H,6H2,1-5H3;4-13H,1-3H3;3H,1-2H3;2*1H;/q;;;;;+2/p-2. The monoisotopic (exact) mass is 769 g/mol. The molecular formula is C44H53Cl2SiZr. The van der Waals surface area contributed by atoms with Crippen LogP contribution in [0.2, 0.25) is 13.1 Å². The summed E-state index contributed by atoms with van der Waals surface area (Å²) in [7, 11) is 17.3. The van der Waals surface area contributed by atoms with Crippen LogP contribution in [-0.2, 0) is 21.0 Å². The first-order valence-corrected chi connectivity index (χ1v) is 34.3. The molecular weight excluding hydrogens is 719 g/mol. The molecule has 4 heteroatoms. The van der Waals surface area contributed by atoms with Gasteiger partial charge in [-0.2, -0.15) is 0 Å². The Morgan fingerprint density at radius 1 is 0.708 bits per heavy atom. The molecule has 3 atom stereocenters. The van der Waals surface area contributed by atoms with Crippen molar-refractivity contribution >= 4 is 35.1 Å². The van der Waals surface area contributed by atoms with E-state index in [4.69, 9.17) is 17.0 Å². The molecule has 48 heavy (non-hydrogen) atoms. The topological polar surface area (TPSA) is 0 Å². The molecule has 2 aliphatic rings. The molecule has 3 unspecified atom stereocenters. The van der Waals surface area contributed by atoms with Crippen LogP contribution in [0.15, 0.2) is 96.1 Å². The zero-order valence-electron chi connectivity index (χ0n) is 30.6. The van der Waals surface area contributed by atoms with E-state index in [2.05, 4.69) is 166 Å². The number of allylic oxidation sites excluding steroid dienone is 2. The third kappa shape index (κ3) is 5.86. The Labute approximate surface area is 299 Å². The minimum atomic E-state index is -4.83. The van der Waals surface area contributed by atoms with Crippen LogP contribution < -0.4 is 0 Å². The Morgan fingerprint density at radius 3 is 1.69 bits per heavy atom. The first kappa shape index (κ1) is 35.9. The van der Waals surface area contributed by atoms with Gasteiger partial charge in [-0.3, -0.25) is 0 Å². The van der Waals surface area contributed by atoms with Gasteiger partial charge >= 0.3 is 302 Å². The van der Waals surface area contributed by atoms with Crippen molar-refractivity contribution in [3.8, 4) is 22.3 Å². The van der Waals surface area contributed by atoms with Gasteiger partial charge in [0.15, 0.2) is 0 Å². The minimum absolute atomic E-state index is 0.0875. The predicted octanol–water partition coefficient (Wildman–Crippen LogP) is 14.1. The van der Waals surface area contributed by atoms with Crippen molar-refractivity contribution in [2.75, 3.05) is 0 Å². The number of benzene rings is 4. The molecule has 0 nitrogen and oxygen atoms in total. The molecule has 0 fully saturated rings. The van der Waals surface area contributed by atoms with Gasteiger partial charge in [-0.15, -0.1) is 0 Å². The first-order valence-electron chi connectivity index (χ1n) is 18.0. The molecule has 0 bridgehead atoms. The molecule has 0 aliphatic heterocycles. The van der Waals surface area contributed by atoms with Gasteiger partial charge in [0.05, 0.1) is 0 Å². The predicted molar refractivity (Wildman–Crippen MR) is 214 cm³/mol. The molecule has 0 radical (unpaired) electrons. The van der Waals surface area contributed by atoms with E-state index in [1.54, 1.807) is 0 Å². The van der Waals surface area contributed by atoms with Crippen molar-refractivity contribution < 1.29 is 15.6 Å². The van der Waals surface area contributed by atoms with Gasteiger partial charge in [0.25, 0.3) is 0 Å². The van der Waals surface area contributed by atoms with Crippen molar-refractivity contribution in [2.24, 2.45) is 5.92 Å². The summed E-state index contributed by atoms with van der Waals surface area (Å²) < 4.78 is 0.179. The SMILES string of the molecule is CCC(C)C1=Cc2c(-c3ccc(C(C)(C)C)cc3)cccc2[CH]1[Zr]([Cl])([Cl])([CH]1C(C)=Cc2c(-c3ccc(C(C)C)cc3)cccc21)[SiH](C)C. The van der Waals surface area contributed by atoms with Crippen LogP contribution in [0.4, 0.5) is 0 Å². The van der Waals surface area contributed by atoms with E-state index < -0.39 is 21.5 Å². The molecule has 0 heterocycles. The van der Waals surface area contributed by atoms with Crippen LogP contribution >= 0.6 is 17.0 Å². The number of hydrogen-bond acceptors (Lipinski definition) is 0. The Bertz CT molecular complexity index is 1910. The average molecular weight is 772 g/mol. The van der Waals surface area contributed by atoms with Gasteiger partial charge in [-0.25, -0.2) is 0 Å². The second-order valence-electron chi connectivity index (χ2n) is 16.3. The van der Waals surface area contributed by atoms with Crippen molar-refractivity contribution in [1.29, 1.82) is 0 Å². The average Bonchev–Trinajstić information content (AvgIpc) is 3.63. The summed E-state index contributed by atoms with van der Waals surface area (Å²) in [5.41, 5.74) is 16.1. The van der Waals surface area contributed by atoms with Gasteiger partial charge in [0, 0.05) is 0 Å². The molecule has 251 valence electrons. The summed E-state index contributed by atoms with van der Waals surface area (Å²) >= 11 is -4.83. The third-order valence-electron chi connectivity index (χ3n) is 11.7. The number of fused-ring (bicyclic) bond motifs is 2. The fraction of sp³-hybridized carbons (Fsp3) is 0.364. The summed E-state index contributed by atoms with van der Waals surface area (Å²) in [4.78, 5) is 0. The zero-order valence-corrected chi connectivity index (χ0v) is 35.7. The van der Waals surface area contributed by atoms with E-state index in [9.17, 15) is 0 Å². The van der Waals surface area contributed by atoms with Crippen LogP contribution in [0, 0.1) is 5.92 Å². The zero-order chi connectivity index (χ0) is 34.8. The van der Waals surface area contributed by atoms with Crippen molar-refractivity contribution in [1.82, 2.24) is 0 Å². The van der Waals surface area contributed by atoms with Gasteiger partial charge in [-0.1, -0.05) is 0 Å². The second kappa shape index (κ2) is 13.0. The van der Waals surface area contributed by atoms with Crippen LogP contribution in [-0.4, -0.2) is 5.92 Å². The molecule has 2 aliphatic carbocycles. The van der Waals surface area contributed by atoms with E-state index in [1.165, 1.54) is 66.8 Å². The van der Waals surface area contributed by atoms with Crippen LogP contribution in [0.3, 0.4) is 0 Å². The Balaban J connectivity index is 1.53. The summed E-state index contributed by atoms with van der Waals surface area (Å²) in [6, 6.07) is 32.1. The number of halogens is 2. The second-order valence-corrected chi connectivity index (χ2v) is 58.8. The fourth-order valence-electron chi connectivity index (χ4n) is 8.52. The Morgan fingerprint density at radius 2 is 1.21 bits per heavy atom. The molecule has 4 aromatic carbocycles. The molecule has 4 aromatic rings. The van der Waals surface area contributed by atoms with Gasteiger partial charge in [-0.05, 0) is 0 Å². The molecule has 0 N–H and O–H groups in total. The Kier molecular flexibility index (Phi) is 9.69. The van der Waals surface area contributed by atoms with Crippen LogP contribution in [0.25, 0.3) is 34.4 Å². The normalized spacial score (nSPS) is 19.1. The Hall–Kier alpha value is -1.96. The summed E-state index contributed by atoms with van der Waals surface area (Å²) in [6.45, 7) is 23.2. The van der Waals surface area contributed by atoms with E-state index in [1.807, 2.05) is 0 Å². The van der Waals surface area contributed by atoms with Crippen molar-refractivity contribution in [2.45, 2.75) is 93.5 Å². The quantitative estimate of drug-likeness (QED) is 0.157. The van der Waals surface area contributed by atoms with Crippen LogP contribution in [0.1, 0.15) is 108 Å². The fourth-order valence-corrected chi connectivity index (χ4v) is 40.6. The maximum atomic E-state index is 8.67. The van der Waals surface area contributed by atoms with E-state index in [-0.39, 0.29) is 12.7 Å². The van der Waals surface area contributed by atoms with Gasteiger partial charge < -0.3 is 0 Å². The first-order chi connectivity index (χ1) is 22.6. The van der Waals surface area contributed by atoms with Crippen molar-refractivity contribution in [3.63, 3.8) is 0 Å². The third-order valence-corrected chi connectivity index (χ3v) is 63.7.